The largest absolute Gasteiger partial charge is 0.340 e. The Morgan fingerprint density at radius 2 is 2.14 bits per heavy atom. The van der Waals surface area contributed by atoms with Gasteiger partial charge in [0.1, 0.15) is 0 Å². The summed E-state index contributed by atoms with van der Waals surface area (Å²) >= 11 is 3.28. The van der Waals surface area contributed by atoms with E-state index in [2.05, 4.69) is 27.9 Å². The smallest absolute Gasteiger partial charge is 0.255 e. The Labute approximate surface area is 137 Å². The quantitative estimate of drug-likeness (QED) is 0.793. The van der Waals surface area contributed by atoms with Crippen molar-refractivity contribution in [3.05, 3.63) is 61.7 Å². The van der Waals surface area contributed by atoms with E-state index in [-0.39, 0.29) is 11.9 Å². The summed E-state index contributed by atoms with van der Waals surface area (Å²) in [5.41, 5.74) is 3.41. The van der Waals surface area contributed by atoms with E-state index in [4.69, 9.17) is 0 Å². The molecule has 22 heavy (non-hydrogen) atoms. The van der Waals surface area contributed by atoms with Crippen LogP contribution in [0.2, 0.25) is 0 Å². The van der Waals surface area contributed by atoms with Crippen LogP contribution in [0.1, 0.15) is 38.2 Å². The number of nitrogens with one attached hydrogen (secondary N) is 1. The van der Waals surface area contributed by atoms with Gasteiger partial charge >= 0.3 is 0 Å². The minimum absolute atomic E-state index is 0.0762. The standard InChI is InChI=1S/C16H17N3OS2/c1-10-14(11(2)19(3)18-10)16(20)17-15(12-6-8-21-9-12)13-5-4-7-22-13/h4-9,15H,1-3H3,(H,17,20). The Bertz CT molecular complexity index is 739. The Kier molecular flexibility index (Phi) is 4.13. The van der Waals surface area contributed by atoms with Crippen molar-refractivity contribution >= 4 is 28.6 Å². The van der Waals surface area contributed by atoms with Crippen molar-refractivity contribution in [1.29, 1.82) is 0 Å². The first-order chi connectivity index (χ1) is 10.6. The van der Waals surface area contributed by atoms with Gasteiger partial charge in [0.15, 0.2) is 0 Å². The van der Waals surface area contributed by atoms with Gasteiger partial charge in [0, 0.05) is 17.6 Å². The van der Waals surface area contributed by atoms with Gasteiger partial charge in [-0.05, 0) is 47.7 Å². The molecule has 3 aromatic heterocycles. The number of carbonyl (C=O) groups excluding carboxylic acids is 1. The second kappa shape index (κ2) is 6.06. The van der Waals surface area contributed by atoms with Gasteiger partial charge < -0.3 is 5.32 Å². The van der Waals surface area contributed by atoms with E-state index in [1.807, 2.05) is 37.7 Å². The molecular weight excluding hydrogens is 314 g/mol. The van der Waals surface area contributed by atoms with Gasteiger partial charge in [-0.2, -0.15) is 16.4 Å². The maximum Gasteiger partial charge on any atom is 0.255 e. The first kappa shape index (κ1) is 15.0. The van der Waals surface area contributed by atoms with Crippen molar-refractivity contribution in [2.45, 2.75) is 19.9 Å². The highest BCUT2D eigenvalue weighted by molar-refractivity contribution is 7.10. The Hall–Kier alpha value is -1.92. The normalized spacial score (nSPS) is 12.3. The van der Waals surface area contributed by atoms with Gasteiger partial charge in [-0.15, -0.1) is 11.3 Å². The number of aromatic nitrogens is 2. The highest BCUT2D eigenvalue weighted by Crippen LogP contribution is 2.28. The van der Waals surface area contributed by atoms with Crippen molar-refractivity contribution in [2.24, 2.45) is 7.05 Å². The summed E-state index contributed by atoms with van der Waals surface area (Å²) in [7, 11) is 1.86. The SMILES string of the molecule is Cc1nn(C)c(C)c1C(=O)NC(c1ccsc1)c1cccs1. The van der Waals surface area contributed by atoms with Crippen LogP contribution < -0.4 is 5.32 Å². The van der Waals surface area contributed by atoms with Gasteiger partial charge in [-0.25, -0.2) is 0 Å². The lowest BCUT2D eigenvalue weighted by Crippen LogP contribution is -2.29. The molecule has 0 fully saturated rings. The van der Waals surface area contributed by atoms with Gasteiger partial charge in [0.05, 0.1) is 17.3 Å². The molecule has 1 atom stereocenters. The van der Waals surface area contributed by atoms with E-state index in [1.54, 1.807) is 27.4 Å². The van der Waals surface area contributed by atoms with Gasteiger partial charge in [-0.1, -0.05) is 6.07 Å². The fraction of sp³-hybridized carbons (Fsp3) is 0.250. The Morgan fingerprint density at radius 3 is 2.68 bits per heavy atom. The van der Waals surface area contributed by atoms with E-state index >= 15 is 0 Å². The maximum absolute atomic E-state index is 12.7. The summed E-state index contributed by atoms with van der Waals surface area (Å²) in [5, 5.41) is 13.6. The molecule has 0 aliphatic carbocycles. The maximum atomic E-state index is 12.7. The molecule has 0 spiro atoms. The molecule has 1 unspecified atom stereocenters. The second-order valence-electron chi connectivity index (χ2n) is 5.15. The van der Waals surface area contributed by atoms with Crippen molar-refractivity contribution in [3.8, 4) is 0 Å². The van der Waals surface area contributed by atoms with Crippen LogP contribution >= 0.6 is 22.7 Å². The number of hydrogen-bond donors (Lipinski definition) is 1. The number of carbonyl (C=O) groups is 1. The highest BCUT2D eigenvalue weighted by atomic mass is 32.1. The third-order valence-corrected chi connectivity index (χ3v) is 5.35. The zero-order valence-electron chi connectivity index (χ0n) is 12.7. The average Bonchev–Trinajstić information content (AvgIpc) is 3.20. The zero-order valence-corrected chi connectivity index (χ0v) is 14.3. The summed E-state index contributed by atoms with van der Waals surface area (Å²) in [6.45, 7) is 3.78. The first-order valence-corrected chi connectivity index (χ1v) is 8.76. The fourth-order valence-corrected chi connectivity index (χ4v) is 4.01. The number of hydrogen-bond acceptors (Lipinski definition) is 4. The third-order valence-electron chi connectivity index (χ3n) is 3.72. The average molecular weight is 331 g/mol. The molecule has 1 N–H and O–H groups in total. The van der Waals surface area contributed by atoms with Crippen LogP contribution in [0.3, 0.4) is 0 Å². The Balaban J connectivity index is 1.93. The number of rotatable bonds is 4. The van der Waals surface area contributed by atoms with Crippen LogP contribution in [-0.2, 0) is 7.05 Å². The molecular formula is C16H17N3OS2. The van der Waals surface area contributed by atoms with Crippen molar-refractivity contribution in [3.63, 3.8) is 0 Å². The number of thiophene rings is 2. The number of nitrogens with zero attached hydrogens (tertiary/aromatic N) is 2. The van der Waals surface area contributed by atoms with Crippen molar-refractivity contribution in [2.75, 3.05) is 0 Å². The predicted molar refractivity (Wildman–Crippen MR) is 90.6 cm³/mol. The molecule has 1 amide bonds. The van der Waals surface area contributed by atoms with E-state index < -0.39 is 0 Å². The molecule has 0 aromatic carbocycles. The summed E-state index contributed by atoms with van der Waals surface area (Å²) < 4.78 is 1.75. The summed E-state index contributed by atoms with van der Waals surface area (Å²) in [5.74, 6) is -0.0762. The Morgan fingerprint density at radius 1 is 1.32 bits per heavy atom. The molecule has 4 nitrogen and oxygen atoms in total. The minimum atomic E-state index is -0.113. The topological polar surface area (TPSA) is 46.9 Å². The molecule has 3 rings (SSSR count). The molecule has 0 aliphatic rings. The number of aryl methyl sites for hydroxylation is 2. The summed E-state index contributed by atoms with van der Waals surface area (Å²) in [6.07, 6.45) is 0. The molecule has 0 radical (unpaired) electrons. The van der Waals surface area contributed by atoms with Gasteiger partial charge in [0.25, 0.3) is 5.91 Å². The zero-order chi connectivity index (χ0) is 15.7. The molecule has 0 saturated heterocycles. The van der Waals surface area contributed by atoms with E-state index in [0.717, 1.165) is 21.8 Å². The molecule has 0 bridgehead atoms. The van der Waals surface area contributed by atoms with Crippen LogP contribution in [0.4, 0.5) is 0 Å². The minimum Gasteiger partial charge on any atom is -0.340 e. The van der Waals surface area contributed by atoms with E-state index in [1.165, 1.54) is 0 Å². The van der Waals surface area contributed by atoms with Crippen LogP contribution in [0.5, 0.6) is 0 Å². The summed E-state index contributed by atoms with van der Waals surface area (Å²) in [4.78, 5) is 13.9. The van der Waals surface area contributed by atoms with E-state index in [0.29, 0.717) is 5.56 Å². The molecule has 3 heterocycles. The van der Waals surface area contributed by atoms with Crippen LogP contribution in [0, 0.1) is 13.8 Å². The molecule has 0 aliphatic heterocycles. The predicted octanol–water partition coefficient (Wildman–Crippen LogP) is 3.68. The fourth-order valence-electron chi connectivity index (χ4n) is 2.52. The molecule has 6 heteroatoms. The van der Waals surface area contributed by atoms with Crippen LogP contribution in [-0.4, -0.2) is 15.7 Å². The van der Waals surface area contributed by atoms with Gasteiger partial charge in [0.2, 0.25) is 0 Å². The monoisotopic (exact) mass is 331 g/mol. The summed E-state index contributed by atoms with van der Waals surface area (Å²) in [6, 6.07) is 6.00. The van der Waals surface area contributed by atoms with Gasteiger partial charge in [-0.3, -0.25) is 9.48 Å². The molecule has 0 saturated carbocycles. The first-order valence-electron chi connectivity index (χ1n) is 6.94. The van der Waals surface area contributed by atoms with Crippen molar-refractivity contribution in [1.82, 2.24) is 15.1 Å². The van der Waals surface area contributed by atoms with Crippen molar-refractivity contribution < 1.29 is 4.79 Å². The van der Waals surface area contributed by atoms with Crippen LogP contribution in [0.15, 0.2) is 34.3 Å². The lowest BCUT2D eigenvalue weighted by Gasteiger charge is -2.17. The van der Waals surface area contributed by atoms with E-state index in [9.17, 15) is 4.79 Å². The lowest BCUT2D eigenvalue weighted by atomic mass is 10.1. The lowest BCUT2D eigenvalue weighted by molar-refractivity contribution is 0.0942. The second-order valence-corrected chi connectivity index (χ2v) is 6.91. The molecule has 3 aromatic rings. The number of amides is 1. The third kappa shape index (κ3) is 2.71. The highest BCUT2D eigenvalue weighted by Gasteiger charge is 2.23. The van der Waals surface area contributed by atoms with Crippen LogP contribution in [0.25, 0.3) is 0 Å². The molecule has 114 valence electrons.